The molecular formula is C16H21ClO4. The van der Waals surface area contributed by atoms with Crippen molar-refractivity contribution in [3.8, 4) is 0 Å². The Morgan fingerprint density at radius 1 is 1.33 bits per heavy atom. The standard InChI is InChI=1S/C16H21ClO4/c1-4-21-15(20)16(14(18)19,10-9-11(2)3)12-7-5-6-8-13(12)17/h5-8,11H,4,9-10H2,1-3H3,(H,18,19). The minimum atomic E-state index is -1.75. The molecule has 0 aliphatic carbocycles. The smallest absolute Gasteiger partial charge is 0.328 e. The lowest BCUT2D eigenvalue weighted by Crippen LogP contribution is -2.45. The number of hydrogen-bond donors (Lipinski definition) is 1. The number of benzene rings is 1. The predicted octanol–water partition coefficient (Wildman–Crippen LogP) is 3.66. The molecule has 0 aromatic heterocycles. The molecule has 1 aromatic rings. The van der Waals surface area contributed by atoms with Crippen LogP contribution in [-0.2, 0) is 19.7 Å². The Balaban J connectivity index is 3.40. The molecule has 1 unspecified atom stereocenters. The molecule has 21 heavy (non-hydrogen) atoms. The van der Waals surface area contributed by atoms with Crippen molar-refractivity contribution in [1.82, 2.24) is 0 Å². The Hall–Kier alpha value is -1.55. The zero-order valence-electron chi connectivity index (χ0n) is 12.6. The zero-order valence-corrected chi connectivity index (χ0v) is 13.3. The van der Waals surface area contributed by atoms with Gasteiger partial charge in [-0.15, -0.1) is 0 Å². The fraction of sp³-hybridized carbons (Fsp3) is 0.500. The van der Waals surface area contributed by atoms with E-state index in [1.807, 2.05) is 13.8 Å². The van der Waals surface area contributed by atoms with E-state index in [2.05, 4.69) is 0 Å². The summed E-state index contributed by atoms with van der Waals surface area (Å²) in [5.41, 5.74) is -1.46. The SMILES string of the molecule is CCOC(=O)C(CCC(C)C)(C(=O)O)c1ccccc1Cl. The lowest BCUT2D eigenvalue weighted by atomic mass is 9.75. The van der Waals surface area contributed by atoms with E-state index in [9.17, 15) is 14.7 Å². The first kappa shape index (κ1) is 17.5. The third-order valence-corrected chi connectivity index (χ3v) is 3.75. The Morgan fingerprint density at radius 2 is 1.95 bits per heavy atom. The highest BCUT2D eigenvalue weighted by atomic mass is 35.5. The van der Waals surface area contributed by atoms with Crippen molar-refractivity contribution in [3.63, 3.8) is 0 Å². The largest absolute Gasteiger partial charge is 0.480 e. The minimum absolute atomic E-state index is 0.125. The Kier molecular flexibility index (Phi) is 6.21. The molecule has 116 valence electrons. The topological polar surface area (TPSA) is 63.6 Å². The molecule has 0 aliphatic heterocycles. The van der Waals surface area contributed by atoms with E-state index in [1.165, 1.54) is 0 Å². The van der Waals surface area contributed by atoms with Crippen LogP contribution in [0.3, 0.4) is 0 Å². The van der Waals surface area contributed by atoms with Crippen LogP contribution in [0, 0.1) is 5.92 Å². The molecule has 0 aliphatic rings. The highest BCUT2D eigenvalue weighted by Gasteiger charge is 2.50. The first-order chi connectivity index (χ1) is 9.86. The van der Waals surface area contributed by atoms with Gasteiger partial charge in [-0.05, 0) is 37.3 Å². The van der Waals surface area contributed by atoms with Crippen LogP contribution in [0.4, 0.5) is 0 Å². The van der Waals surface area contributed by atoms with Crippen LogP contribution < -0.4 is 0 Å². The molecule has 0 bridgehead atoms. The molecule has 1 rings (SSSR count). The van der Waals surface area contributed by atoms with Crippen LogP contribution in [-0.4, -0.2) is 23.7 Å². The maximum atomic E-state index is 12.4. The van der Waals surface area contributed by atoms with Gasteiger partial charge in [-0.1, -0.05) is 43.6 Å². The molecule has 1 atom stereocenters. The molecule has 0 spiro atoms. The summed E-state index contributed by atoms with van der Waals surface area (Å²) in [6, 6.07) is 6.54. The second-order valence-corrected chi connectivity index (χ2v) is 5.75. The van der Waals surface area contributed by atoms with E-state index in [-0.39, 0.29) is 24.0 Å². The summed E-state index contributed by atoms with van der Waals surface area (Å²) in [6.45, 7) is 5.73. The van der Waals surface area contributed by atoms with E-state index < -0.39 is 17.4 Å². The summed E-state index contributed by atoms with van der Waals surface area (Å²) in [5, 5.41) is 10.0. The van der Waals surface area contributed by atoms with E-state index in [0.717, 1.165) is 0 Å². The monoisotopic (exact) mass is 312 g/mol. The molecular weight excluding hydrogens is 292 g/mol. The number of carboxylic acids is 1. The van der Waals surface area contributed by atoms with Gasteiger partial charge < -0.3 is 9.84 Å². The number of carboxylic acid groups (broad SMARTS) is 1. The summed E-state index contributed by atoms with van der Waals surface area (Å²) < 4.78 is 5.03. The van der Waals surface area contributed by atoms with E-state index in [4.69, 9.17) is 16.3 Å². The number of hydrogen-bond acceptors (Lipinski definition) is 3. The first-order valence-electron chi connectivity index (χ1n) is 7.01. The molecule has 0 saturated carbocycles. The predicted molar refractivity (Wildman–Crippen MR) is 81.5 cm³/mol. The normalized spacial score (nSPS) is 13.8. The molecule has 0 amide bonds. The molecule has 5 heteroatoms. The van der Waals surface area contributed by atoms with Crippen molar-refractivity contribution in [2.75, 3.05) is 6.61 Å². The lowest BCUT2D eigenvalue weighted by molar-refractivity contribution is -0.162. The van der Waals surface area contributed by atoms with Crippen LogP contribution in [0.1, 0.15) is 39.2 Å². The van der Waals surface area contributed by atoms with Crippen molar-refractivity contribution in [1.29, 1.82) is 0 Å². The average molecular weight is 313 g/mol. The van der Waals surface area contributed by atoms with Gasteiger partial charge in [-0.3, -0.25) is 9.59 Å². The highest BCUT2D eigenvalue weighted by Crippen LogP contribution is 2.37. The fourth-order valence-electron chi connectivity index (χ4n) is 2.22. The number of carbonyl (C=O) groups is 2. The van der Waals surface area contributed by atoms with Gasteiger partial charge in [-0.2, -0.15) is 0 Å². The molecule has 0 saturated heterocycles. The Morgan fingerprint density at radius 3 is 2.43 bits per heavy atom. The molecule has 1 N–H and O–H groups in total. The minimum Gasteiger partial charge on any atom is -0.480 e. The van der Waals surface area contributed by atoms with Gasteiger partial charge in [-0.25, -0.2) is 0 Å². The Labute approximate surface area is 130 Å². The number of carbonyl (C=O) groups excluding carboxylic acids is 1. The first-order valence-corrected chi connectivity index (χ1v) is 7.39. The number of rotatable bonds is 7. The van der Waals surface area contributed by atoms with Crippen molar-refractivity contribution in [2.24, 2.45) is 5.92 Å². The number of halogens is 1. The van der Waals surface area contributed by atoms with E-state index >= 15 is 0 Å². The summed E-state index contributed by atoms with van der Waals surface area (Å²) in [6.07, 6.45) is 0.735. The van der Waals surface area contributed by atoms with Crippen LogP contribution in [0.5, 0.6) is 0 Å². The van der Waals surface area contributed by atoms with Gasteiger partial charge in [0.05, 0.1) is 6.61 Å². The number of esters is 1. The van der Waals surface area contributed by atoms with Crippen LogP contribution in [0.15, 0.2) is 24.3 Å². The molecule has 4 nitrogen and oxygen atoms in total. The number of ether oxygens (including phenoxy) is 1. The molecule has 0 heterocycles. The van der Waals surface area contributed by atoms with Crippen LogP contribution >= 0.6 is 11.6 Å². The third kappa shape index (κ3) is 3.76. The quantitative estimate of drug-likeness (QED) is 0.616. The van der Waals surface area contributed by atoms with E-state index in [0.29, 0.717) is 12.0 Å². The maximum absolute atomic E-state index is 12.4. The van der Waals surface area contributed by atoms with Gasteiger partial charge in [0.15, 0.2) is 5.41 Å². The average Bonchev–Trinajstić information content (AvgIpc) is 2.41. The molecule has 0 fully saturated rings. The van der Waals surface area contributed by atoms with Gasteiger partial charge >= 0.3 is 11.9 Å². The van der Waals surface area contributed by atoms with Crippen molar-refractivity contribution < 1.29 is 19.4 Å². The van der Waals surface area contributed by atoms with Gasteiger partial charge in [0.25, 0.3) is 0 Å². The second-order valence-electron chi connectivity index (χ2n) is 5.34. The fourth-order valence-corrected chi connectivity index (χ4v) is 2.52. The zero-order chi connectivity index (χ0) is 16.0. The lowest BCUT2D eigenvalue weighted by Gasteiger charge is -2.29. The van der Waals surface area contributed by atoms with E-state index in [1.54, 1.807) is 31.2 Å². The molecule has 1 aromatic carbocycles. The van der Waals surface area contributed by atoms with Gasteiger partial charge in [0.1, 0.15) is 0 Å². The Bertz CT molecular complexity index is 513. The van der Waals surface area contributed by atoms with Crippen molar-refractivity contribution >= 4 is 23.5 Å². The number of aliphatic carboxylic acids is 1. The third-order valence-electron chi connectivity index (χ3n) is 3.42. The van der Waals surface area contributed by atoms with Gasteiger partial charge in [0.2, 0.25) is 0 Å². The van der Waals surface area contributed by atoms with Gasteiger partial charge in [0, 0.05) is 5.02 Å². The van der Waals surface area contributed by atoms with Crippen molar-refractivity contribution in [3.05, 3.63) is 34.9 Å². The van der Waals surface area contributed by atoms with Crippen molar-refractivity contribution in [2.45, 2.75) is 39.0 Å². The summed E-state index contributed by atoms with van der Waals surface area (Å²) in [7, 11) is 0. The summed E-state index contributed by atoms with van der Waals surface area (Å²) in [5.74, 6) is -1.72. The maximum Gasteiger partial charge on any atom is 0.328 e. The van der Waals surface area contributed by atoms with Crippen LogP contribution in [0.25, 0.3) is 0 Å². The molecule has 0 radical (unpaired) electrons. The van der Waals surface area contributed by atoms with Crippen LogP contribution in [0.2, 0.25) is 5.02 Å². The summed E-state index contributed by atoms with van der Waals surface area (Å²) in [4.78, 5) is 24.4. The second kappa shape index (κ2) is 7.46. The summed E-state index contributed by atoms with van der Waals surface area (Å²) >= 11 is 6.14. The highest BCUT2D eigenvalue weighted by molar-refractivity contribution is 6.32.